The van der Waals surface area contributed by atoms with Gasteiger partial charge in [-0.05, 0) is 29.2 Å². The molecule has 2 rings (SSSR count). The van der Waals surface area contributed by atoms with Crippen LogP contribution in [0.25, 0.3) is 11.4 Å². The van der Waals surface area contributed by atoms with Crippen molar-refractivity contribution in [3.05, 3.63) is 47.3 Å². The number of hydrogen-bond donors (Lipinski definition) is 0. The minimum atomic E-state index is -4.96. The topological polar surface area (TPSA) is 25.8 Å². The predicted octanol–water partition coefficient (Wildman–Crippen LogP) is 5.48. The Morgan fingerprint density at radius 3 is 1.71 bits per heavy atom. The van der Waals surface area contributed by atoms with E-state index in [9.17, 15) is 26.3 Å². The standard InChI is InChI=1S/C16H14F6N2/c1-14(2,3)10-7-23-13(24-8-10)11-5-4-9(15(17,18)19)6-12(11)16(20,21)22/h4-8H,1-3H3. The molecule has 0 spiro atoms. The summed E-state index contributed by atoms with van der Waals surface area (Å²) in [6.45, 7) is 5.64. The van der Waals surface area contributed by atoms with E-state index in [0.29, 0.717) is 11.6 Å². The first kappa shape index (κ1) is 18.2. The lowest BCUT2D eigenvalue weighted by Crippen LogP contribution is -2.14. The average molecular weight is 348 g/mol. The summed E-state index contributed by atoms with van der Waals surface area (Å²) >= 11 is 0. The maximum Gasteiger partial charge on any atom is 0.417 e. The Hall–Kier alpha value is -2.12. The number of halogens is 6. The van der Waals surface area contributed by atoms with Gasteiger partial charge in [-0.3, -0.25) is 0 Å². The van der Waals surface area contributed by atoms with Gasteiger partial charge in [0.1, 0.15) is 0 Å². The van der Waals surface area contributed by atoms with E-state index in [0.717, 1.165) is 6.07 Å². The van der Waals surface area contributed by atoms with Crippen LogP contribution in [-0.4, -0.2) is 9.97 Å². The molecule has 24 heavy (non-hydrogen) atoms. The lowest BCUT2D eigenvalue weighted by atomic mass is 9.89. The number of alkyl halides is 6. The summed E-state index contributed by atoms with van der Waals surface area (Å²) in [5, 5.41) is 0. The second-order valence-corrected chi connectivity index (χ2v) is 6.30. The van der Waals surface area contributed by atoms with Crippen molar-refractivity contribution in [2.24, 2.45) is 0 Å². The minimum absolute atomic E-state index is 0.0797. The smallest absolute Gasteiger partial charge is 0.236 e. The summed E-state index contributed by atoms with van der Waals surface area (Å²) in [4.78, 5) is 7.78. The normalized spacial score (nSPS) is 13.2. The van der Waals surface area contributed by atoms with Gasteiger partial charge in [0.15, 0.2) is 5.82 Å². The van der Waals surface area contributed by atoms with Crippen molar-refractivity contribution in [3.8, 4) is 11.4 Å². The van der Waals surface area contributed by atoms with Crippen molar-refractivity contribution >= 4 is 0 Å². The molecule has 0 saturated carbocycles. The number of hydrogen-bond acceptors (Lipinski definition) is 2. The fourth-order valence-corrected chi connectivity index (χ4v) is 2.00. The third-order valence-corrected chi connectivity index (χ3v) is 3.41. The molecule has 0 saturated heterocycles. The molecule has 2 nitrogen and oxygen atoms in total. The molecule has 8 heteroatoms. The first-order chi connectivity index (χ1) is 10.8. The zero-order valence-electron chi connectivity index (χ0n) is 13.0. The van der Waals surface area contributed by atoms with Crippen molar-refractivity contribution in [1.82, 2.24) is 9.97 Å². The van der Waals surface area contributed by atoms with Crippen molar-refractivity contribution in [3.63, 3.8) is 0 Å². The van der Waals surface area contributed by atoms with Crippen LogP contribution in [0.3, 0.4) is 0 Å². The number of nitrogens with zero attached hydrogens (tertiary/aromatic N) is 2. The average Bonchev–Trinajstić information content (AvgIpc) is 2.44. The van der Waals surface area contributed by atoms with Crippen LogP contribution < -0.4 is 0 Å². The van der Waals surface area contributed by atoms with Crippen LogP contribution in [0.4, 0.5) is 26.3 Å². The second-order valence-electron chi connectivity index (χ2n) is 6.30. The SMILES string of the molecule is CC(C)(C)c1cnc(-c2ccc(C(F)(F)F)cc2C(F)(F)F)nc1. The quantitative estimate of drug-likeness (QED) is 0.638. The predicted molar refractivity (Wildman–Crippen MR) is 76.2 cm³/mol. The number of aromatic nitrogens is 2. The fourth-order valence-electron chi connectivity index (χ4n) is 2.00. The largest absolute Gasteiger partial charge is 0.417 e. The van der Waals surface area contributed by atoms with E-state index in [1.165, 1.54) is 12.4 Å². The van der Waals surface area contributed by atoms with E-state index < -0.39 is 29.0 Å². The lowest BCUT2D eigenvalue weighted by Gasteiger charge is -2.19. The first-order valence-electron chi connectivity index (χ1n) is 6.91. The highest BCUT2D eigenvalue weighted by molar-refractivity contribution is 5.62. The summed E-state index contributed by atoms with van der Waals surface area (Å²) in [5.74, 6) is -0.274. The van der Waals surface area contributed by atoms with Crippen LogP contribution >= 0.6 is 0 Å². The molecule has 0 unspecified atom stereocenters. The molecular formula is C16H14F6N2. The molecule has 0 N–H and O–H groups in total. The molecule has 1 aromatic carbocycles. The highest BCUT2D eigenvalue weighted by atomic mass is 19.4. The van der Waals surface area contributed by atoms with Crippen molar-refractivity contribution in [2.45, 2.75) is 38.5 Å². The Morgan fingerprint density at radius 2 is 1.29 bits per heavy atom. The van der Waals surface area contributed by atoms with Gasteiger partial charge in [-0.1, -0.05) is 20.8 Å². The van der Waals surface area contributed by atoms with E-state index in [-0.39, 0.29) is 17.3 Å². The molecule has 0 fully saturated rings. The molecule has 0 aliphatic heterocycles. The number of benzene rings is 1. The third-order valence-electron chi connectivity index (χ3n) is 3.41. The van der Waals surface area contributed by atoms with Gasteiger partial charge in [0.05, 0.1) is 11.1 Å². The highest BCUT2D eigenvalue weighted by Crippen LogP contribution is 2.40. The molecule has 0 bridgehead atoms. The Balaban J connectivity index is 2.58. The van der Waals surface area contributed by atoms with Crippen LogP contribution in [0.1, 0.15) is 37.5 Å². The van der Waals surface area contributed by atoms with Gasteiger partial charge in [-0.2, -0.15) is 26.3 Å². The van der Waals surface area contributed by atoms with Crippen LogP contribution in [0.5, 0.6) is 0 Å². The molecule has 0 atom stereocenters. The highest BCUT2D eigenvalue weighted by Gasteiger charge is 2.38. The molecule has 0 radical (unpaired) electrons. The Labute approximate surface area is 134 Å². The maximum absolute atomic E-state index is 13.1. The van der Waals surface area contributed by atoms with E-state index in [1.54, 1.807) is 0 Å². The van der Waals surface area contributed by atoms with Gasteiger partial charge >= 0.3 is 12.4 Å². The van der Waals surface area contributed by atoms with Gasteiger partial charge in [0.2, 0.25) is 0 Å². The van der Waals surface area contributed by atoms with Crippen molar-refractivity contribution in [2.75, 3.05) is 0 Å². The fraction of sp³-hybridized carbons (Fsp3) is 0.375. The number of rotatable bonds is 1. The zero-order chi connectivity index (χ0) is 18.3. The third kappa shape index (κ3) is 3.85. The summed E-state index contributed by atoms with van der Waals surface area (Å²) in [7, 11) is 0. The van der Waals surface area contributed by atoms with E-state index in [4.69, 9.17) is 0 Å². The van der Waals surface area contributed by atoms with E-state index >= 15 is 0 Å². The molecule has 130 valence electrons. The van der Waals surface area contributed by atoms with Gasteiger partial charge in [0.25, 0.3) is 0 Å². The lowest BCUT2D eigenvalue weighted by molar-refractivity contribution is -0.142. The van der Waals surface area contributed by atoms with Crippen molar-refractivity contribution < 1.29 is 26.3 Å². The Morgan fingerprint density at radius 1 is 0.750 bits per heavy atom. The molecule has 0 aliphatic rings. The van der Waals surface area contributed by atoms with E-state index in [1.807, 2.05) is 20.8 Å². The Bertz CT molecular complexity index is 724. The molecule has 0 aliphatic carbocycles. The van der Waals surface area contributed by atoms with Gasteiger partial charge in [-0.15, -0.1) is 0 Å². The summed E-state index contributed by atoms with van der Waals surface area (Å²) in [6, 6.07) is 1.42. The summed E-state index contributed by atoms with van der Waals surface area (Å²) in [6.07, 6.45) is -7.07. The zero-order valence-corrected chi connectivity index (χ0v) is 13.0. The minimum Gasteiger partial charge on any atom is -0.236 e. The Kier molecular flexibility index (Phi) is 4.37. The van der Waals surface area contributed by atoms with Gasteiger partial charge in [0, 0.05) is 18.0 Å². The molecule has 1 heterocycles. The first-order valence-corrected chi connectivity index (χ1v) is 6.91. The molecule has 0 amide bonds. The molecule has 1 aromatic heterocycles. The monoisotopic (exact) mass is 348 g/mol. The van der Waals surface area contributed by atoms with Gasteiger partial charge in [-0.25, -0.2) is 9.97 Å². The van der Waals surface area contributed by atoms with Gasteiger partial charge < -0.3 is 0 Å². The molecular weight excluding hydrogens is 334 g/mol. The van der Waals surface area contributed by atoms with Crippen LogP contribution in [0, 0.1) is 0 Å². The van der Waals surface area contributed by atoms with E-state index in [2.05, 4.69) is 9.97 Å². The van der Waals surface area contributed by atoms with Crippen LogP contribution in [0.15, 0.2) is 30.6 Å². The second kappa shape index (κ2) is 5.75. The van der Waals surface area contributed by atoms with Crippen molar-refractivity contribution in [1.29, 1.82) is 0 Å². The summed E-state index contributed by atoms with van der Waals surface area (Å²) in [5.41, 5.74) is -2.88. The summed E-state index contributed by atoms with van der Waals surface area (Å²) < 4.78 is 77.5. The molecule has 2 aromatic rings. The van der Waals surface area contributed by atoms with Crippen LogP contribution in [0.2, 0.25) is 0 Å². The maximum atomic E-state index is 13.1. The van der Waals surface area contributed by atoms with Crippen LogP contribution in [-0.2, 0) is 17.8 Å².